The van der Waals surface area contributed by atoms with E-state index in [0.717, 1.165) is 0 Å². The minimum Gasteiger partial charge on any atom is -0.480 e. The summed E-state index contributed by atoms with van der Waals surface area (Å²) in [6.45, 7) is 2.88. The fraction of sp³-hybridized carbons (Fsp3) is 0.765. The molecule has 12 heteroatoms. The summed E-state index contributed by atoms with van der Waals surface area (Å²) in [5.41, 5.74) is 11.1. The number of rotatable bonds is 14. The molecule has 0 aromatic rings. The topological polar surface area (TPSA) is 197 Å². The summed E-state index contributed by atoms with van der Waals surface area (Å²) in [5, 5.41) is 25.8. The number of aliphatic hydroxyl groups excluding tert-OH is 1. The number of unbranched alkanes of at least 4 members (excludes halogenated alkanes) is 1. The Bertz CT molecular complexity index is 562. The highest BCUT2D eigenvalue weighted by Gasteiger charge is 2.30. The maximum atomic E-state index is 12.6. The summed E-state index contributed by atoms with van der Waals surface area (Å²) >= 11 is 3.94. The van der Waals surface area contributed by atoms with Crippen molar-refractivity contribution in [2.75, 3.05) is 18.9 Å². The summed E-state index contributed by atoms with van der Waals surface area (Å²) < 4.78 is 0. The number of hydrogen-bond donors (Lipinski definition) is 8. The van der Waals surface area contributed by atoms with Gasteiger partial charge < -0.3 is 37.6 Å². The number of carboxylic acid groups (broad SMARTS) is 1. The zero-order chi connectivity index (χ0) is 22.6. The van der Waals surface area contributed by atoms with Gasteiger partial charge in [0.05, 0.1) is 12.6 Å². The number of nitrogens with one attached hydrogen (secondary N) is 3. The largest absolute Gasteiger partial charge is 0.480 e. The van der Waals surface area contributed by atoms with E-state index in [1.54, 1.807) is 13.8 Å². The molecule has 0 rings (SSSR count). The van der Waals surface area contributed by atoms with Crippen molar-refractivity contribution in [2.45, 2.75) is 57.3 Å². The molecule has 168 valence electrons. The lowest BCUT2D eigenvalue weighted by atomic mass is 10.0. The van der Waals surface area contributed by atoms with Gasteiger partial charge >= 0.3 is 5.97 Å². The van der Waals surface area contributed by atoms with Crippen LogP contribution in [0.2, 0.25) is 0 Å². The summed E-state index contributed by atoms with van der Waals surface area (Å²) in [6.07, 6.45) is 1.41. The average molecular weight is 436 g/mol. The quantitative estimate of drug-likeness (QED) is 0.109. The van der Waals surface area contributed by atoms with Gasteiger partial charge in [0.25, 0.3) is 0 Å². The molecule has 0 aliphatic heterocycles. The van der Waals surface area contributed by atoms with Crippen molar-refractivity contribution < 1.29 is 29.4 Å². The molecule has 0 aliphatic carbocycles. The smallest absolute Gasteiger partial charge is 0.326 e. The molecule has 0 aliphatic rings. The van der Waals surface area contributed by atoms with E-state index in [2.05, 4.69) is 28.6 Å². The van der Waals surface area contributed by atoms with Crippen LogP contribution in [0.3, 0.4) is 0 Å². The molecule has 0 saturated carbocycles. The van der Waals surface area contributed by atoms with Gasteiger partial charge in [-0.15, -0.1) is 0 Å². The van der Waals surface area contributed by atoms with Crippen molar-refractivity contribution in [3.05, 3.63) is 0 Å². The number of thiol groups is 1. The first-order valence-corrected chi connectivity index (χ1v) is 10.0. The highest BCUT2D eigenvalue weighted by molar-refractivity contribution is 7.80. The van der Waals surface area contributed by atoms with Crippen LogP contribution in [0.5, 0.6) is 0 Å². The van der Waals surface area contributed by atoms with Gasteiger partial charge in [-0.05, 0) is 31.7 Å². The number of hydrogen-bond acceptors (Lipinski definition) is 8. The first kappa shape index (κ1) is 27.1. The van der Waals surface area contributed by atoms with Crippen molar-refractivity contribution in [1.29, 1.82) is 0 Å². The van der Waals surface area contributed by atoms with E-state index in [1.807, 2.05) is 0 Å². The van der Waals surface area contributed by atoms with E-state index in [1.165, 1.54) is 0 Å². The van der Waals surface area contributed by atoms with Crippen LogP contribution in [0, 0.1) is 5.92 Å². The van der Waals surface area contributed by atoms with E-state index >= 15 is 0 Å². The zero-order valence-corrected chi connectivity index (χ0v) is 17.7. The SMILES string of the molecule is CC(C)C(NC(=O)C(CO)NC(=O)C(CCCCN)NC(=O)C(N)CS)C(=O)O. The third-order valence-corrected chi connectivity index (χ3v) is 4.55. The van der Waals surface area contributed by atoms with Crippen LogP contribution in [0.15, 0.2) is 0 Å². The number of nitrogens with two attached hydrogens (primary N) is 2. The summed E-state index contributed by atoms with van der Waals surface area (Å²) in [5.74, 6) is -3.69. The maximum absolute atomic E-state index is 12.6. The third-order valence-electron chi connectivity index (χ3n) is 4.16. The summed E-state index contributed by atoms with van der Waals surface area (Å²) in [6, 6.07) is -4.47. The van der Waals surface area contributed by atoms with Crippen LogP contribution < -0.4 is 27.4 Å². The molecule has 29 heavy (non-hydrogen) atoms. The number of aliphatic hydroxyl groups is 1. The monoisotopic (exact) mass is 435 g/mol. The van der Waals surface area contributed by atoms with Crippen LogP contribution in [-0.4, -0.2) is 77.0 Å². The number of carbonyl (C=O) groups excluding carboxylic acids is 3. The van der Waals surface area contributed by atoms with Gasteiger partial charge in [0.1, 0.15) is 18.1 Å². The molecular formula is C17H33N5O6S. The van der Waals surface area contributed by atoms with Crippen LogP contribution in [0.1, 0.15) is 33.1 Å². The van der Waals surface area contributed by atoms with Gasteiger partial charge in [-0.1, -0.05) is 13.8 Å². The van der Waals surface area contributed by atoms with Gasteiger partial charge in [-0.2, -0.15) is 12.6 Å². The molecule has 11 nitrogen and oxygen atoms in total. The average Bonchev–Trinajstić information content (AvgIpc) is 2.67. The van der Waals surface area contributed by atoms with E-state index in [9.17, 15) is 29.4 Å². The number of aliphatic carboxylic acids is 1. The molecule has 4 unspecified atom stereocenters. The van der Waals surface area contributed by atoms with E-state index in [0.29, 0.717) is 19.4 Å². The Labute approximate surface area is 175 Å². The van der Waals surface area contributed by atoms with Crippen LogP contribution in [-0.2, 0) is 19.2 Å². The fourth-order valence-corrected chi connectivity index (χ4v) is 2.52. The molecule has 0 heterocycles. The summed E-state index contributed by atoms with van der Waals surface area (Å²) in [7, 11) is 0. The zero-order valence-electron chi connectivity index (χ0n) is 16.8. The predicted octanol–water partition coefficient (Wildman–Crippen LogP) is -2.44. The van der Waals surface area contributed by atoms with Gasteiger partial charge in [0.2, 0.25) is 17.7 Å². The second-order valence-corrected chi connectivity index (χ2v) is 7.31. The molecule has 0 aromatic carbocycles. The van der Waals surface area contributed by atoms with Crippen molar-refractivity contribution >= 4 is 36.3 Å². The van der Waals surface area contributed by atoms with Crippen molar-refractivity contribution in [1.82, 2.24) is 16.0 Å². The minimum atomic E-state index is -1.38. The van der Waals surface area contributed by atoms with Crippen LogP contribution in [0.25, 0.3) is 0 Å². The first-order valence-electron chi connectivity index (χ1n) is 9.40. The Morgan fingerprint density at radius 3 is 1.97 bits per heavy atom. The van der Waals surface area contributed by atoms with Gasteiger partial charge in [0, 0.05) is 5.75 Å². The number of carboxylic acids is 1. The lowest BCUT2D eigenvalue weighted by Gasteiger charge is -2.25. The minimum absolute atomic E-state index is 0.0798. The lowest BCUT2D eigenvalue weighted by molar-refractivity contribution is -0.143. The number of carbonyl (C=O) groups is 4. The molecule has 3 amide bonds. The summed E-state index contributed by atoms with van der Waals surface area (Å²) in [4.78, 5) is 48.2. The second-order valence-electron chi connectivity index (χ2n) is 6.95. The Hall–Kier alpha value is -1.89. The van der Waals surface area contributed by atoms with Crippen molar-refractivity contribution in [3.8, 4) is 0 Å². The van der Waals surface area contributed by atoms with Gasteiger partial charge in [-0.25, -0.2) is 4.79 Å². The molecule has 0 saturated heterocycles. The van der Waals surface area contributed by atoms with Crippen LogP contribution in [0.4, 0.5) is 0 Å². The number of amides is 3. The van der Waals surface area contributed by atoms with Gasteiger partial charge in [0.15, 0.2) is 0 Å². The Morgan fingerprint density at radius 1 is 0.966 bits per heavy atom. The normalized spacial score (nSPS) is 15.1. The second kappa shape index (κ2) is 14.1. The molecular weight excluding hydrogens is 402 g/mol. The highest BCUT2D eigenvalue weighted by Crippen LogP contribution is 2.04. The first-order chi connectivity index (χ1) is 13.6. The molecule has 0 radical (unpaired) electrons. The van der Waals surface area contributed by atoms with Crippen molar-refractivity contribution in [3.63, 3.8) is 0 Å². The Kier molecular flexibility index (Phi) is 13.2. The third kappa shape index (κ3) is 9.92. The molecule has 0 bridgehead atoms. The molecule has 4 atom stereocenters. The predicted molar refractivity (Wildman–Crippen MR) is 110 cm³/mol. The molecule has 0 spiro atoms. The highest BCUT2D eigenvalue weighted by atomic mass is 32.1. The molecule has 0 aromatic heterocycles. The molecule has 0 fully saturated rings. The maximum Gasteiger partial charge on any atom is 0.326 e. The van der Waals surface area contributed by atoms with Crippen molar-refractivity contribution in [2.24, 2.45) is 17.4 Å². The standard InChI is InChI=1S/C17H33N5O6S/c1-9(2)13(17(27)28)22-16(26)12(7-23)21-15(25)11(5-3-4-6-18)20-14(24)10(19)8-29/h9-13,23,29H,3-8,18-19H2,1-2H3,(H,20,24)(H,21,25)(H,22,26)(H,27,28). The van der Waals surface area contributed by atoms with Gasteiger partial charge in [-0.3, -0.25) is 14.4 Å². The Balaban J connectivity index is 5.16. The molecule has 9 N–H and O–H groups in total. The van der Waals surface area contributed by atoms with E-state index in [-0.39, 0.29) is 12.2 Å². The van der Waals surface area contributed by atoms with Crippen LogP contribution >= 0.6 is 12.6 Å². The fourth-order valence-electron chi connectivity index (χ4n) is 2.36. The van der Waals surface area contributed by atoms with E-state index < -0.39 is 60.4 Å². The lowest BCUT2D eigenvalue weighted by Crippen LogP contribution is -2.58. The Morgan fingerprint density at radius 2 is 1.52 bits per heavy atom. The van der Waals surface area contributed by atoms with E-state index in [4.69, 9.17) is 11.5 Å².